The molecule has 0 atom stereocenters. The molecule has 0 radical (unpaired) electrons. The predicted octanol–water partition coefficient (Wildman–Crippen LogP) is 4.46. The number of para-hydroxylation sites is 1. The first-order valence-electron chi connectivity index (χ1n) is 11.0. The van der Waals surface area contributed by atoms with E-state index < -0.39 is 29.6 Å². The van der Waals surface area contributed by atoms with Gasteiger partial charge < -0.3 is 14.0 Å². The average Bonchev–Trinajstić information content (AvgIpc) is 3.30. The number of carbonyl (C=O) groups is 4. The number of amides is 2. The van der Waals surface area contributed by atoms with Gasteiger partial charge in [0.25, 0.3) is 11.1 Å². The van der Waals surface area contributed by atoms with Gasteiger partial charge in [0, 0.05) is 29.2 Å². The smallest absolute Gasteiger partial charge is 0.337 e. The maximum absolute atomic E-state index is 12.9. The van der Waals surface area contributed by atoms with Crippen molar-refractivity contribution in [3.8, 4) is 0 Å². The van der Waals surface area contributed by atoms with Crippen molar-refractivity contribution < 1.29 is 28.7 Å². The van der Waals surface area contributed by atoms with Gasteiger partial charge in [-0.25, -0.2) is 4.79 Å². The lowest BCUT2D eigenvalue weighted by molar-refractivity contribution is -0.149. The monoisotopic (exact) mass is 492 g/mol. The van der Waals surface area contributed by atoms with Gasteiger partial charge >= 0.3 is 11.9 Å². The Morgan fingerprint density at radius 3 is 2.60 bits per heavy atom. The van der Waals surface area contributed by atoms with E-state index in [2.05, 4.69) is 0 Å². The number of imide groups is 1. The second-order valence-electron chi connectivity index (χ2n) is 8.23. The highest BCUT2D eigenvalue weighted by Gasteiger charge is 2.37. The molecule has 1 fully saturated rings. The third-order valence-corrected chi connectivity index (χ3v) is 6.24. The third kappa shape index (κ3) is 5.30. The minimum atomic E-state index is -0.630. The molecule has 0 aliphatic carbocycles. The number of nitrogens with zero attached hydrogens (tertiary/aromatic N) is 2. The Bertz CT molecular complexity index is 1360. The average molecular weight is 493 g/mol. The Morgan fingerprint density at radius 1 is 1.09 bits per heavy atom. The minimum Gasteiger partial charge on any atom is -0.465 e. The SMILES string of the molecule is COC(=O)c1cccc(Cn2cc(/C=C3/SC(=O)N(CC(=O)OC(C)C)C3=O)c3ccccc32)c1. The van der Waals surface area contributed by atoms with Gasteiger partial charge in [-0.1, -0.05) is 30.3 Å². The van der Waals surface area contributed by atoms with Crippen LogP contribution in [0.15, 0.2) is 59.6 Å². The molecule has 4 rings (SSSR count). The Hall–Kier alpha value is -3.85. The highest BCUT2D eigenvalue weighted by Crippen LogP contribution is 2.34. The lowest BCUT2D eigenvalue weighted by Gasteiger charge is -2.13. The summed E-state index contributed by atoms with van der Waals surface area (Å²) in [5, 5.41) is 0.396. The molecule has 3 aromatic rings. The number of hydrogen-bond donors (Lipinski definition) is 0. The molecule has 180 valence electrons. The molecule has 1 aliphatic heterocycles. The van der Waals surface area contributed by atoms with E-state index in [9.17, 15) is 19.2 Å². The molecule has 1 aliphatic rings. The second-order valence-corrected chi connectivity index (χ2v) is 9.22. The zero-order valence-corrected chi connectivity index (χ0v) is 20.3. The van der Waals surface area contributed by atoms with Crippen molar-refractivity contribution in [3.05, 3.63) is 76.3 Å². The van der Waals surface area contributed by atoms with E-state index in [1.807, 2.05) is 41.1 Å². The number of aromatic nitrogens is 1. The molecule has 2 aromatic carbocycles. The number of esters is 2. The minimum absolute atomic E-state index is 0.239. The molecule has 9 heteroatoms. The van der Waals surface area contributed by atoms with Crippen LogP contribution in [0.5, 0.6) is 0 Å². The fourth-order valence-corrected chi connectivity index (χ4v) is 4.67. The summed E-state index contributed by atoms with van der Waals surface area (Å²) >= 11 is 0.797. The zero-order chi connectivity index (χ0) is 25.1. The number of rotatable bonds is 7. The molecular formula is C26H24N2O6S. The van der Waals surface area contributed by atoms with Gasteiger partial charge in [-0.05, 0) is 55.4 Å². The zero-order valence-electron chi connectivity index (χ0n) is 19.5. The van der Waals surface area contributed by atoms with Crippen LogP contribution >= 0.6 is 11.8 Å². The molecule has 0 unspecified atom stereocenters. The van der Waals surface area contributed by atoms with Gasteiger partial charge in [-0.2, -0.15) is 0 Å². The van der Waals surface area contributed by atoms with Gasteiger partial charge in [-0.15, -0.1) is 0 Å². The normalized spacial score (nSPS) is 14.9. The van der Waals surface area contributed by atoms with Crippen molar-refractivity contribution >= 4 is 51.8 Å². The molecule has 1 aromatic heterocycles. The van der Waals surface area contributed by atoms with Crippen LogP contribution in [0.1, 0.15) is 35.3 Å². The second kappa shape index (κ2) is 10.2. The largest absolute Gasteiger partial charge is 0.465 e. The molecule has 0 spiro atoms. The van der Waals surface area contributed by atoms with E-state index in [4.69, 9.17) is 9.47 Å². The maximum atomic E-state index is 12.9. The Morgan fingerprint density at radius 2 is 1.86 bits per heavy atom. The summed E-state index contributed by atoms with van der Waals surface area (Å²) in [6, 6.07) is 14.9. The highest BCUT2D eigenvalue weighted by molar-refractivity contribution is 8.18. The van der Waals surface area contributed by atoms with Crippen molar-refractivity contribution in [3.63, 3.8) is 0 Å². The number of carbonyl (C=O) groups excluding carboxylic acids is 4. The predicted molar refractivity (Wildman–Crippen MR) is 133 cm³/mol. The van der Waals surface area contributed by atoms with Crippen LogP contribution in [0.25, 0.3) is 17.0 Å². The summed E-state index contributed by atoms with van der Waals surface area (Å²) in [4.78, 5) is 50.3. The van der Waals surface area contributed by atoms with Crippen molar-refractivity contribution in [2.24, 2.45) is 0 Å². The fourth-order valence-electron chi connectivity index (χ4n) is 3.84. The standard InChI is InChI=1S/C26H24N2O6S/c1-16(2)34-23(29)15-28-24(30)22(35-26(28)32)12-19-14-27(21-10-5-4-9-20(19)21)13-17-7-6-8-18(11-17)25(31)33-3/h4-12,14,16H,13,15H2,1-3H3/b22-12+. The summed E-state index contributed by atoms with van der Waals surface area (Å²) in [7, 11) is 1.34. The third-order valence-electron chi connectivity index (χ3n) is 5.33. The first-order chi connectivity index (χ1) is 16.8. The lowest BCUT2D eigenvalue weighted by Crippen LogP contribution is -2.35. The van der Waals surface area contributed by atoms with E-state index in [0.717, 1.165) is 38.7 Å². The topological polar surface area (TPSA) is 94.9 Å². The van der Waals surface area contributed by atoms with Crippen LogP contribution in [0.2, 0.25) is 0 Å². The molecule has 0 N–H and O–H groups in total. The highest BCUT2D eigenvalue weighted by atomic mass is 32.2. The van der Waals surface area contributed by atoms with Crippen molar-refractivity contribution in [1.29, 1.82) is 0 Å². The molecule has 35 heavy (non-hydrogen) atoms. The van der Waals surface area contributed by atoms with Crippen LogP contribution in [0.3, 0.4) is 0 Å². The molecule has 0 saturated carbocycles. The molecular weight excluding hydrogens is 468 g/mol. The Balaban J connectivity index is 1.63. The molecule has 1 saturated heterocycles. The fraction of sp³-hybridized carbons (Fsp3) is 0.231. The number of fused-ring (bicyclic) bond motifs is 1. The molecule has 2 amide bonds. The Labute approximate surface area is 206 Å². The van der Waals surface area contributed by atoms with E-state index in [1.54, 1.807) is 38.1 Å². The van der Waals surface area contributed by atoms with E-state index in [-0.39, 0.29) is 11.0 Å². The lowest BCUT2D eigenvalue weighted by atomic mass is 10.1. The quantitative estimate of drug-likeness (QED) is 0.355. The molecule has 8 nitrogen and oxygen atoms in total. The van der Waals surface area contributed by atoms with Crippen molar-refractivity contribution in [2.75, 3.05) is 13.7 Å². The number of ether oxygens (including phenoxy) is 2. The van der Waals surface area contributed by atoms with E-state index in [1.165, 1.54) is 7.11 Å². The van der Waals surface area contributed by atoms with Crippen molar-refractivity contribution in [1.82, 2.24) is 9.47 Å². The van der Waals surface area contributed by atoms with Crippen LogP contribution in [0.4, 0.5) is 4.79 Å². The summed E-state index contributed by atoms with van der Waals surface area (Å²) in [5.41, 5.74) is 3.07. The summed E-state index contributed by atoms with van der Waals surface area (Å²) < 4.78 is 11.9. The van der Waals surface area contributed by atoms with Gasteiger partial charge in [0.2, 0.25) is 0 Å². The van der Waals surface area contributed by atoms with Gasteiger partial charge in [0.05, 0.1) is 23.7 Å². The summed E-state index contributed by atoms with van der Waals surface area (Å²) in [6.07, 6.45) is 3.23. The maximum Gasteiger partial charge on any atom is 0.337 e. The van der Waals surface area contributed by atoms with Crippen molar-refractivity contribution in [2.45, 2.75) is 26.5 Å². The van der Waals surface area contributed by atoms with Crippen LogP contribution in [-0.2, 0) is 25.6 Å². The number of hydrogen-bond acceptors (Lipinski definition) is 7. The van der Waals surface area contributed by atoms with Crippen LogP contribution in [0, 0.1) is 0 Å². The van der Waals surface area contributed by atoms with E-state index >= 15 is 0 Å². The first kappa shape index (κ1) is 24.3. The van der Waals surface area contributed by atoms with Gasteiger partial charge in [0.15, 0.2) is 0 Å². The van der Waals surface area contributed by atoms with Gasteiger partial charge in [0.1, 0.15) is 6.54 Å². The van der Waals surface area contributed by atoms with Gasteiger partial charge in [-0.3, -0.25) is 19.3 Å². The van der Waals surface area contributed by atoms with Crippen LogP contribution < -0.4 is 0 Å². The Kier molecular flexibility index (Phi) is 7.07. The number of benzene rings is 2. The van der Waals surface area contributed by atoms with Crippen LogP contribution in [-0.4, -0.2) is 52.3 Å². The number of methoxy groups -OCH3 is 1. The number of thioether (sulfide) groups is 1. The molecule has 2 heterocycles. The first-order valence-corrected chi connectivity index (χ1v) is 11.8. The summed E-state index contributed by atoms with van der Waals surface area (Å²) in [5.74, 6) is -1.56. The molecule has 0 bridgehead atoms. The van der Waals surface area contributed by atoms with E-state index in [0.29, 0.717) is 12.1 Å². The summed E-state index contributed by atoms with van der Waals surface area (Å²) in [6.45, 7) is 3.47.